The summed E-state index contributed by atoms with van der Waals surface area (Å²) in [4.78, 5) is 11.1. The van der Waals surface area contributed by atoms with Gasteiger partial charge in [0.25, 0.3) is 0 Å². The third-order valence-electron chi connectivity index (χ3n) is 5.94. The molecule has 0 amide bonds. The summed E-state index contributed by atoms with van der Waals surface area (Å²) in [7, 11) is 2.12. The molecule has 3 aliphatic rings. The zero-order chi connectivity index (χ0) is 16.1. The number of nitrogens with zero attached hydrogens (tertiary/aromatic N) is 5. The van der Waals surface area contributed by atoms with Gasteiger partial charge in [-0.3, -0.25) is 4.90 Å². The number of imidazole rings is 1. The molecule has 0 bridgehead atoms. The molecule has 2 aromatic heterocycles. The molecule has 0 unspecified atom stereocenters. The quantitative estimate of drug-likeness (QED) is 0.938. The van der Waals surface area contributed by atoms with E-state index in [0.717, 1.165) is 25.3 Å². The van der Waals surface area contributed by atoms with Crippen LogP contribution in [0.2, 0.25) is 0 Å². The van der Waals surface area contributed by atoms with Crippen molar-refractivity contribution in [2.75, 3.05) is 6.54 Å². The molecule has 128 valence electrons. The number of aryl methyl sites for hydroxylation is 2. The number of aromatic nitrogens is 5. The summed E-state index contributed by atoms with van der Waals surface area (Å²) in [6.07, 6.45) is 9.88. The van der Waals surface area contributed by atoms with Gasteiger partial charge in [-0.05, 0) is 57.9 Å². The molecule has 1 atom stereocenters. The van der Waals surface area contributed by atoms with Crippen molar-refractivity contribution < 1.29 is 0 Å². The van der Waals surface area contributed by atoms with Crippen LogP contribution in [0.4, 0.5) is 0 Å². The highest BCUT2D eigenvalue weighted by molar-refractivity contribution is 5.20. The second-order valence-electron chi connectivity index (χ2n) is 7.69. The molecule has 2 aromatic rings. The van der Waals surface area contributed by atoms with Gasteiger partial charge in [-0.2, -0.15) is 0 Å². The molecule has 2 fully saturated rings. The Morgan fingerprint density at radius 1 is 1.08 bits per heavy atom. The van der Waals surface area contributed by atoms with Crippen molar-refractivity contribution in [2.45, 2.75) is 69.9 Å². The lowest BCUT2D eigenvalue weighted by Crippen LogP contribution is -2.25. The standard InChI is InChI=1S/C18H26N6/c1-23-16(21-22-18(23)12-8-9-12)11-24-10-4-7-15(24)17-19-13-5-2-3-6-14(13)20-17/h12,15H,2-11H2,1H3,(H,19,20)/t15-/m0/s1. The van der Waals surface area contributed by atoms with E-state index in [2.05, 4.69) is 31.7 Å². The van der Waals surface area contributed by atoms with E-state index in [1.807, 2.05) is 0 Å². The first-order chi connectivity index (χ1) is 11.8. The molecule has 6 nitrogen and oxygen atoms in total. The van der Waals surface area contributed by atoms with Crippen LogP contribution in [0.5, 0.6) is 0 Å². The molecule has 0 spiro atoms. The summed E-state index contributed by atoms with van der Waals surface area (Å²) in [6.45, 7) is 2.01. The number of rotatable bonds is 4. The van der Waals surface area contributed by atoms with Gasteiger partial charge in [0.2, 0.25) is 0 Å². The van der Waals surface area contributed by atoms with Crippen molar-refractivity contribution in [3.63, 3.8) is 0 Å². The van der Waals surface area contributed by atoms with Crippen LogP contribution in [0.1, 0.15) is 79.3 Å². The summed E-state index contributed by atoms with van der Waals surface area (Å²) in [5, 5.41) is 8.91. The van der Waals surface area contributed by atoms with E-state index in [1.54, 1.807) is 0 Å². The van der Waals surface area contributed by atoms with Crippen LogP contribution in [0, 0.1) is 0 Å². The van der Waals surface area contributed by atoms with Crippen molar-refractivity contribution >= 4 is 0 Å². The Kier molecular flexibility index (Phi) is 3.47. The Hall–Kier alpha value is -1.69. The average molecular weight is 326 g/mol. The first-order valence-corrected chi connectivity index (χ1v) is 9.49. The summed E-state index contributed by atoms with van der Waals surface area (Å²) in [5.41, 5.74) is 2.70. The molecule has 5 rings (SSSR count). The normalized spacial score (nSPS) is 24.5. The largest absolute Gasteiger partial charge is 0.344 e. The summed E-state index contributed by atoms with van der Waals surface area (Å²) in [5.74, 6) is 4.11. The van der Waals surface area contributed by atoms with Crippen LogP contribution < -0.4 is 0 Å². The molecule has 0 radical (unpaired) electrons. The fourth-order valence-corrected chi connectivity index (χ4v) is 4.35. The number of fused-ring (bicyclic) bond motifs is 1. The maximum atomic E-state index is 4.95. The van der Waals surface area contributed by atoms with Crippen molar-refractivity contribution in [2.24, 2.45) is 7.05 Å². The van der Waals surface area contributed by atoms with Gasteiger partial charge in [0.15, 0.2) is 0 Å². The van der Waals surface area contributed by atoms with Gasteiger partial charge in [0, 0.05) is 18.7 Å². The van der Waals surface area contributed by atoms with Crippen LogP contribution in [0.15, 0.2) is 0 Å². The van der Waals surface area contributed by atoms with Gasteiger partial charge in [-0.15, -0.1) is 10.2 Å². The monoisotopic (exact) mass is 326 g/mol. The van der Waals surface area contributed by atoms with Crippen molar-refractivity contribution in [1.82, 2.24) is 29.6 Å². The molecule has 1 N–H and O–H groups in total. The Balaban J connectivity index is 1.36. The molecule has 2 aliphatic carbocycles. The van der Waals surface area contributed by atoms with Crippen molar-refractivity contribution in [3.8, 4) is 0 Å². The predicted molar refractivity (Wildman–Crippen MR) is 90.6 cm³/mol. The number of H-pyrrole nitrogens is 1. The molecule has 1 saturated carbocycles. The number of likely N-dealkylation sites (tertiary alicyclic amines) is 1. The van der Waals surface area contributed by atoms with E-state index in [1.165, 1.54) is 68.0 Å². The SMILES string of the molecule is Cn1c(CN2CCC[C@H]2c2nc3c([nH]2)CCCC3)nnc1C1CC1. The maximum Gasteiger partial charge on any atom is 0.146 e. The third-order valence-corrected chi connectivity index (χ3v) is 5.94. The van der Waals surface area contributed by atoms with E-state index >= 15 is 0 Å². The lowest BCUT2D eigenvalue weighted by molar-refractivity contribution is 0.232. The summed E-state index contributed by atoms with van der Waals surface area (Å²) >= 11 is 0. The lowest BCUT2D eigenvalue weighted by Gasteiger charge is -2.22. The van der Waals surface area contributed by atoms with Crippen LogP contribution in [0.25, 0.3) is 0 Å². The molecule has 6 heteroatoms. The van der Waals surface area contributed by atoms with Crippen LogP contribution in [0.3, 0.4) is 0 Å². The number of hydrogen-bond acceptors (Lipinski definition) is 4. The fraction of sp³-hybridized carbons (Fsp3) is 0.722. The minimum atomic E-state index is 0.414. The van der Waals surface area contributed by atoms with Gasteiger partial charge in [-0.25, -0.2) is 4.98 Å². The smallest absolute Gasteiger partial charge is 0.146 e. The van der Waals surface area contributed by atoms with E-state index in [9.17, 15) is 0 Å². The molecule has 24 heavy (non-hydrogen) atoms. The number of nitrogens with one attached hydrogen (secondary N) is 1. The van der Waals surface area contributed by atoms with E-state index in [-0.39, 0.29) is 0 Å². The Bertz CT molecular complexity index is 717. The molecule has 3 heterocycles. The lowest BCUT2D eigenvalue weighted by atomic mass is 10.0. The highest BCUT2D eigenvalue weighted by Gasteiger charge is 2.33. The average Bonchev–Trinajstić information content (AvgIpc) is 3.03. The number of hydrogen-bond donors (Lipinski definition) is 1. The second kappa shape index (κ2) is 5.69. The van der Waals surface area contributed by atoms with Crippen molar-refractivity contribution in [1.29, 1.82) is 0 Å². The second-order valence-corrected chi connectivity index (χ2v) is 7.69. The Labute approximate surface area is 142 Å². The van der Waals surface area contributed by atoms with E-state index < -0.39 is 0 Å². The zero-order valence-electron chi connectivity index (χ0n) is 14.5. The molecule has 0 aromatic carbocycles. The minimum absolute atomic E-state index is 0.414. The van der Waals surface area contributed by atoms with Gasteiger partial charge in [0.1, 0.15) is 17.5 Å². The maximum absolute atomic E-state index is 4.95. The highest BCUT2D eigenvalue weighted by Crippen LogP contribution is 2.39. The first kappa shape index (κ1) is 14.6. The van der Waals surface area contributed by atoms with Gasteiger partial charge < -0.3 is 9.55 Å². The first-order valence-electron chi connectivity index (χ1n) is 9.49. The zero-order valence-corrected chi connectivity index (χ0v) is 14.5. The summed E-state index contributed by atoms with van der Waals surface area (Å²) in [6, 6.07) is 0.414. The van der Waals surface area contributed by atoms with Gasteiger partial charge in [0.05, 0.1) is 18.3 Å². The minimum Gasteiger partial charge on any atom is -0.344 e. The van der Waals surface area contributed by atoms with Gasteiger partial charge >= 0.3 is 0 Å². The molecular formula is C18H26N6. The van der Waals surface area contributed by atoms with E-state index in [0.29, 0.717) is 12.0 Å². The Morgan fingerprint density at radius 2 is 1.96 bits per heavy atom. The van der Waals surface area contributed by atoms with E-state index in [4.69, 9.17) is 4.98 Å². The molecule has 1 saturated heterocycles. The Morgan fingerprint density at radius 3 is 2.79 bits per heavy atom. The topological polar surface area (TPSA) is 62.6 Å². The fourth-order valence-electron chi connectivity index (χ4n) is 4.35. The third kappa shape index (κ3) is 2.48. The van der Waals surface area contributed by atoms with Crippen LogP contribution >= 0.6 is 0 Å². The van der Waals surface area contributed by atoms with Gasteiger partial charge in [-0.1, -0.05) is 0 Å². The molecular weight excluding hydrogens is 300 g/mol. The summed E-state index contributed by atoms with van der Waals surface area (Å²) < 4.78 is 2.22. The predicted octanol–water partition coefficient (Wildman–Crippen LogP) is 2.63. The van der Waals surface area contributed by atoms with Crippen molar-refractivity contribution in [3.05, 3.63) is 28.9 Å². The molecule has 1 aliphatic heterocycles. The highest BCUT2D eigenvalue weighted by atomic mass is 15.3. The number of aromatic amines is 1. The van der Waals surface area contributed by atoms with Crippen LogP contribution in [-0.2, 0) is 26.4 Å². The van der Waals surface area contributed by atoms with Crippen LogP contribution in [-0.4, -0.2) is 36.2 Å².